The summed E-state index contributed by atoms with van der Waals surface area (Å²) in [7, 11) is 1.84. The van der Waals surface area contributed by atoms with Crippen molar-refractivity contribution in [3.63, 3.8) is 0 Å². The molecule has 1 saturated carbocycles. The number of rotatable bonds is 1. The van der Waals surface area contributed by atoms with E-state index in [0.29, 0.717) is 23.7 Å². The second-order valence-corrected chi connectivity index (χ2v) is 7.40. The average Bonchev–Trinajstić information content (AvgIpc) is 2.82. The maximum Gasteiger partial charge on any atom is 0.165 e. The van der Waals surface area contributed by atoms with E-state index in [1.54, 1.807) is 6.08 Å². The van der Waals surface area contributed by atoms with Crippen LogP contribution in [-0.2, 0) is 9.53 Å². The molecule has 4 aliphatic rings. The van der Waals surface area contributed by atoms with Crippen LogP contribution in [0.25, 0.3) is 0 Å². The fourth-order valence-corrected chi connectivity index (χ4v) is 5.14. The summed E-state index contributed by atoms with van der Waals surface area (Å²) in [5.41, 5.74) is 2.54. The third-order valence-electron chi connectivity index (χ3n) is 6.49. The fraction of sp³-hybridized carbons (Fsp3) is 0.632. The lowest BCUT2D eigenvalue weighted by Crippen LogP contribution is -2.39. The van der Waals surface area contributed by atoms with E-state index in [1.807, 2.05) is 7.11 Å². The Balaban J connectivity index is 1.72. The third-order valence-corrected chi connectivity index (χ3v) is 6.49. The minimum absolute atomic E-state index is 0.229. The number of hydrogen-bond donors (Lipinski definition) is 0. The normalized spacial score (nSPS) is 44.6. The van der Waals surface area contributed by atoms with Gasteiger partial charge in [-0.2, -0.15) is 0 Å². The maximum atomic E-state index is 12.2. The number of ether oxygens (including phenoxy) is 1. The molecule has 2 nitrogen and oxygen atoms in total. The molecule has 0 spiro atoms. The largest absolute Gasteiger partial charge is 0.381 e. The van der Waals surface area contributed by atoms with Gasteiger partial charge in [0.25, 0.3) is 0 Å². The van der Waals surface area contributed by atoms with Gasteiger partial charge in [0.2, 0.25) is 0 Å². The SMILES string of the molecule is COC1CC[C@H]2C(C=CC3=C4C=CC(=O)[C@@]4(C)CC[C@@H]32)C1. The highest BCUT2D eigenvalue weighted by molar-refractivity contribution is 6.01. The molecule has 0 aromatic heterocycles. The van der Waals surface area contributed by atoms with Crippen LogP contribution in [0.1, 0.15) is 39.0 Å². The summed E-state index contributed by atoms with van der Waals surface area (Å²) < 4.78 is 5.57. The molecule has 4 rings (SSSR count). The minimum Gasteiger partial charge on any atom is -0.381 e. The lowest BCUT2D eigenvalue weighted by atomic mass is 9.58. The molecule has 0 N–H and O–H groups in total. The van der Waals surface area contributed by atoms with Crippen LogP contribution in [0.5, 0.6) is 0 Å². The highest BCUT2D eigenvalue weighted by Crippen LogP contribution is 2.54. The zero-order valence-corrected chi connectivity index (χ0v) is 13.0. The molecular formula is C19H24O2. The first-order valence-corrected chi connectivity index (χ1v) is 8.31. The predicted octanol–water partition coefficient (Wildman–Crippen LogP) is 3.84. The highest BCUT2D eigenvalue weighted by atomic mass is 16.5. The first kappa shape index (κ1) is 13.5. The lowest BCUT2D eigenvalue weighted by molar-refractivity contribution is -0.121. The second-order valence-electron chi connectivity index (χ2n) is 7.40. The molecule has 0 radical (unpaired) electrons. The summed E-state index contributed by atoms with van der Waals surface area (Å²) in [5, 5.41) is 0. The zero-order valence-electron chi connectivity index (χ0n) is 13.0. The Bertz CT molecular complexity index is 568. The van der Waals surface area contributed by atoms with Gasteiger partial charge in [-0.1, -0.05) is 18.2 Å². The van der Waals surface area contributed by atoms with E-state index in [4.69, 9.17) is 4.74 Å². The Morgan fingerprint density at radius 1 is 1.19 bits per heavy atom. The van der Waals surface area contributed by atoms with E-state index in [2.05, 4.69) is 25.2 Å². The van der Waals surface area contributed by atoms with Crippen molar-refractivity contribution in [1.82, 2.24) is 0 Å². The molecular weight excluding hydrogens is 260 g/mol. The van der Waals surface area contributed by atoms with Gasteiger partial charge in [-0.05, 0) is 74.0 Å². The van der Waals surface area contributed by atoms with Crippen LogP contribution in [-0.4, -0.2) is 19.0 Å². The van der Waals surface area contributed by atoms with Gasteiger partial charge in [0.05, 0.1) is 11.5 Å². The van der Waals surface area contributed by atoms with E-state index >= 15 is 0 Å². The van der Waals surface area contributed by atoms with Gasteiger partial charge < -0.3 is 4.74 Å². The number of methoxy groups -OCH3 is 1. The van der Waals surface area contributed by atoms with Crippen molar-refractivity contribution in [1.29, 1.82) is 0 Å². The maximum absolute atomic E-state index is 12.2. The van der Waals surface area contributed by atoms with Crippen molar-refractivity contribution < 1.29 is 9.53 Å². The highest BCUT2D eigenvalue weighted by Gasteiger charge is 2.48. The molecule has 0 bridgehead atoms. The van der Waals surface area contributed by atoms with Crippen LogP contribution >= 0.6 is 0 Å². The van der Waals surface area contributed by atoms with E-state index in [0.717, 1.165) is 12.3 Å². The minimum atomic E-state index is -0.229. The van der Waals surface area contributed by atoms with E-state index in [-0.39, 0.29) is 5.41 Å². The van der Waals surface area contributed by atoms with Crippen molar-refractivity contribution in [2.24, 2.45) is 23.2 Å². The Hall–Kier alpha value is -1.15. The van der Waals surface area contributed by atoms with Crippen LogP contribution < -0.4 is 0 Å². The summed E-state index contributed by atoms with van der Waals surface area (Å²) in [6, 6.07) is 0. The molecule has 0 aromatic carbocycles. The molecule has 5 atom stereocenters. The van der Waals surface area contributed by atoms with Gasteiger partial charge in [-0.3, -0.25) is 4.79 Å². The smallest absolute Gasteiger partial charge is 0.165 e. The summed E-state index contributed by atoms with van der Waals surface area (Å²) in [6.07, 6.45) is 14.9. The summed E-state index contributed by atoms with van der Waals surface area (Å²) in [5.74, 6) is 2.40. The Labute approximate surface area is 126 Å². The third kappa shape index (κ3) is 1.85. The first-order chi connectivity index (χ1) is 10.1. The number of carbonyl (C=O) groups excluding carboxylic acids is 1. The van der Waals surface area contributed by atoms with Gasteiger partial charge in [0.1, 0.15) is 0 Å². The zero-order chi connectivity index (χ0) is 14.6. The van der Waals surface area contributed by atoms with Crippen molar-refractivity contribution >= 4 is 5.78 Å². The van der Waals surface area contributed by atoms with Crippen molar-refractivity contribution in [3.05, 3.63) is 35.5 Å². The van der Waals surface area contributed by atoms with Crippen LogP contribution in [0.15, 0.2) is 35.5 Å². The molecule has 0 aromatic rings. The van der Waals surface area contributed by atoms with Gasteiger partial charge in [0.15, 0.2) is 5.78 Å². The van der Waals surface area contributed by atoms with Crippen LogP contribution in [0, 0.1) is 23.2 Å². The Kier molecular flexibility index (Phi) is 3.01. The average molecular weight is 284 g/mol. The van der Waals surface area contributed by atoms with Gasteiger partial charge in [0, 0.05) is 7.11 Å². The summed E-state index contributed by atoms with van der Waals surface area (Å²) in [6.45, 7) is 2.13. The van der Waals surface area contributed by atoms with E-state index < -0.39 is 0 Å². The molecule has 1 fully saturated rings. The molecule has 112 valence electrons. The Morgan fingerprint density at radius 3 is 2.86 bits per heavy atom. The molecule has 2 unspecified atom stereocenters. The summed E-state index contributed by atoms with van der Waals surface area (Å²) >= 11 is 0. The van der Waals surface area contributed by atoms with Crippen LogP contribution in [0.2, 0.25) is 0 Å². The van der Waals surface area contributed by atoms with Gasteiger partial charge in [-0.15, -0.1) is 0 Å². The lowest BCUT2D eigenvalue weighted by Gasteiger charge is -2.46. The fourth-order valence-electron chi connectivity index (χ4n) is 5.14. The second kappa shape index (κ2) is 4.67. The number of hydrogen-bond acceptors (Lipinski definition) is 2. The number of ketones is 1. The van der Waals surface area contributed by atoms with E-state index in [1.165, 1.54) is 36.8 Å². The topological polar surface area (TPSA) is 26.3 Å². The molecule has 2 heteroatoms. The molecule has 0 saturated heterocycles. The molecule has 0 amide bonds. The van der Waals surface area contributed by atoms with Crippen molar-refractivity contribution in [2.45, 2.75) is 45.1 Å². The van der Waals surface area contributed by atoms with Gasteiger partial charge in [-0.25, -0.2) is 0 Å². The predicted molar refractivity (Wildman–Crippen MR) is 82.8 cm³/mol. The number of fused-ring (bicyclic) bond motifs is 4. The number of carbonyl (C=O) groups is 1. The number of allylic oxidation sites excluding steroid dienone is 6. The van der Waals surface area contributed by atoms with Crippen LogP contribution in [0.3, 0.4) is 0 Å². The molecule has 21 heavy (non-hydrogen) atoms. The first-order valence-electron chi connectivity index (χ1n) is 8.31. The quantitative estimate of drug-likeness (QED) is 0.731. The molecule has 4 aliphatic carbocycles. The van der Waals surface area contributed by atoms with Crippen LogP contribution in [0.4, 0.5) is 0 Å². The standard InChI is InChI=1S/C19H24O2/c1-19-10-9-15-14-6-4-13(21-2)11-12(14)3-5-16(15)17(19)7-8-18(19)20/h3,5,7-8,12-15H,4,6,9-11H2,1-2H3/t12?,13?,14-,15+,19-/m0/s1. The molecule has 0 heterocycles. The monoisotopic (exact) mass is 284 g/mol. The van der Waals surface area contributed by atoms with Crippen molar-refractivity contribution in [3.8, 4) is 0 Å². The molecule has 0 aliphatic heterocycles. The van der Waals surface area contributed by atoms with Gasteiger partial charge >= 0.3 is 0 Å². The van der Waals surface area contributed by atoms with E-state index in [9.17, 15) is 4.79 Å². The summed E-state index contributed by atoms with van der Waals surface area (Å²) in [4.78, 5) is 12.2. The Morgan fingerprint density at radius 2 is 2.05 bits per heavy atom. The van der Waals surface area contributed by atoms with Crippen molar-refractivity contribution in [2.75, 3.05) is 7.11 Å².